The van der Waals surface area contributed by atoms with E-state index in [1.165, 1.54) is 12.8 Å². The van der Waals surface area contributed by atoms with Gasteiger partial charge in [-0.2, -0.15) is 5.10 Å². The molecule has 1 amide bonds. The summed E-state index contributed by atoms with van der Waals surface area (Å²) in [6.07, 6.45) is 3.68. The van der Waals surface area contributed by atoms with Crippen molar-refractivity contribution in [1.29, 1.82) is 0 Å². The lowest BCUT2D eigenvalue weighted by Gasteiger charge is -2.22. The van der Waals surface area contributed by atoms with Crippen LogP contribution in [0.4, 0.5) is 0 Å². The average molecular weight is 321 g/mol. The molecule has 1 unspecified atom stereocenters. The number of hydrogen-bond acceptors (Lipinski definition) is 3. The fourth-order valence-electron chi connectivity index (χ4n) is 3.00. The maximum atomic E-state index is 12.4. The lowest BCUT2D eigenvalue weighted by atomic mass is 9.96. The molecular formula is C18H31N3O2. The second-order valence-corrected chi connectivity index (χ2v) is 7.67. The molecule has 5 nitrogen and oxygen atoms in total. The number of nitrogens with one attached hydrogen (secondary N) is 1. The molecule has 1 heterocycles. The van der Waals surface area contributed by atoms with Gasteiger partial charge in [0.05, 0.1) is 11.6 Å². The third kappa shape index (κ3) is 4.34. The molecule has 0 bridgehead atoms. The zero-order valence-electron chi connectivity index (χ0n) is 15.1. The van der Waals surface area contributed by atoms with Gasteiger partial charge in [-0.25, -0.2) is 0 Å². The normalized spacial score (nSPS) is 16.7. The first-order valence-electron chi connectivity index (χ1n) is 8.84. The maximum Gasteiger partial charge on any atom is 0.271 e. The van der Waals surface area contributed by atoms with E-state index in [-0.39, 0.29) is 23.9 Å². The average Bonchev–Trinajstić information content (AvgIpc) is 3.23. The van der Waals surface area contributed by atoms with Crippen LogP contribution in [0.5, 0.6) is 0 Å². The van der Waals surface area contributed by atoms with E-state index >= 15 is 0 Å². The molecule has 0 radical (unpaired) electrons. The second-order valence-electron chi connectivity index (χ2n) is 7.67. The topological polar surface area (TPSA) is 67.2 Å². The van der Waals surface area contributed by atoms with Crippen LogP contribution in [-0.2, 0) is 5.54 Å². The molecule has 1 saturated carbocycles. The SMILES string of the molecule is CCC(CC)C(O)CNC(=O)c1cc(C2CC2)n(C(C)(C)C)n1. The van der Waals surface area contributed by atoms with Crippen molar-refractivity contribution in [3.8, 4) is 0 Å². The van der Waals surface area contributed by atoms with Crippen molar-refractivity contribution < 1.29 is 9.90 Å². The minimum absolute atomic E-state index is 0.133. The minimum atomic E-state index is -0.499. The number of aromatic nitrogens is 2. The molecule has 1 fully saturated rings. The van der Waals surface area contributed by atoms with E-state index in [1.807, 2.05) is 10.7 Å². The van der Waals surface area contributed by atoms with Crippen LogP contribution in [0.25, 0.3) is 0 Å². The van der Waals surface area contributed by atoms with E-state index in [2.05, 4.69) is 45.0 Å². The predicted octanol–water partition coefficient (Wildman–Crippen LogP) is 3.04. The maximum absolute atomic E-state index is 12.4. The van der Waals surface area contributed by atoms with Crippen LogP contribution in [0.1, 0.15) is 82.4 Å². The van der Waals surface area contributed by atoms with Crippen molar-refractivity contribution in [2.24, 2.45) is 5.92 Å². The molecule has 2 N–H and O–H groups in total. The Labute approximate surface area is 139 Å². The zero-order chi connectivity index (χ0) is 17.2. The molecule has 1 aliphatic rings. The van der Waals surface area contributed by atoms with Gasteiger partial charge in [-0.05, 0) is 45.6 Å². The van der Waals surface area contributed by atoms with Gasteiger partial charge in [0.15, 0.2) is 0 Å². The minimum Gasteiger partial charge on any atom is -0.391 e. The number of aliphatic hydroxyl groups excluding tert-OH is 1. The number of aliphatic hydroxyl groups is 1. The monoisotopic (exact) mass is 321 g/mol. The van der Waals surface area contributed by atoms with Gasteiger partial charge in [-0.1, -0.05) is 26.7 Å². The molecule has 23 heavy (non-hydrogen) atoms. The van der Waals surface area contributed by atoms with Crippen molar-refractivity contribution in [3.05, 3.63) is 17.5 Å². The molecule has 5 heteroatoms. The van der Waals surface area contributed by atoms with Crippen molar-refractivity contribution in [3.63, 3.8) is 0 Å². The zero-order valence-corrected chi connectivity index (χ0v) is 15.1. The Bertz CT molecular complexity index is 537. The standard InChI is InChI=1S/C18H31N3O2/c1-6-12(7-2)16(22)11-19-17(23)14-10-15(13-8-9-13)21(20-14)18(3,4)5/h10,12-13,16,22H,6-9,11H2,1-5H3,(H,19,23). The largest absolute Gasteiger partial charge is 0.391 e. The van der Waals surface area contributed by atoms with Crippen LogP contribution in [0.2, 0.25) is 0 Å². The van der Waals surface area contributed by atoms with Crippen molar-refractivity contribution in [1.82, 2.24) is 15.1 Å². The third-order valence-corrected chi connectivity index (χ3v) is 4.67. The Kier molecular flexibility index (Phi) is 5.50. The molecule has 2 rings (SSSR count). The van der Waals surface area contributed by atoms with Crippen molar-refractivity contribution in [2.75, 3.05) is 6.54 Å². The Hall–Kier alpha value is -1.36. The summed E-state index contributed by atoms with van der Waals surface area (Å²) in [5.41, 5.74) is 1.48. The molecule has 1 aromatic rings. The van der Waals surface area contributed by atoms with Gasteiger partial charge in [0.2, 0.25) is 0 Å². The number of hydrogen-bond donors (Lipinski definition) is 2. The Morgan fingerprint density at radius 2 is 2.00 bits per heavy atom. The van der Waals surface area contributed by atoms with Crippen LogP contribution in [0.3, 0.4) is 0 Å². The van der Waals surface area contributed by atoms with Crippen LogP contribution in [0, 0.1) is 5.92 Å². The number of nitrogens with zero attached hydrogens (tertiary/aromatic N) is 2. The second kappa shape index (κ2) is 7.04. The summed E-state index contributed by atoms with van der Waals surface area (Å²) in [5, 5.41) is 17.5. The third-order valence-electron chi connectivity index (χ3n) is 4.67. The van der Waals surface area contributed by atoms with Gasteiger partial charge in [0.25, 0.3) is 5.91 Å². The molecule has 0 aromatic carbocycles. The molecular weight excluding hydrogens is 290 g/mol. The fraction of sp³-hybridized carbons (Fsp3) is 0.778. The molecule has 0 aliphatic heterocycles. The van der Waals surface area contributed by atoms with Gasteiger partial charge in [0, 0.05) is 18.2 Å². The first-order valence-corrected chi connectivity index (χ1v) is 8.84. The number of amides is 1. The first kappa shape index (κ1) is 18.0. The number of carbonyl (C=O) groups excluding carboxylic acids is 1. The molecule has 1 aromatic heterocycles. The highest BCUT2D eigenvalue weighted by Crippen LogP contribution is 2.41. The summed E-state index contributed by atoms with van der Waals surface area (Å²) in [4.78, 5) is 12.4. The van der Waals surface area contributed by atoms with Gasteiger partial charge >= 0.3 is 0 Å². The smallest absolute Gasteiger partial charge is 0.271 e. The molecule has 0 saturated heterocycles. The van der Waals surface area contributed by atoms with E-state index in [9.17, 15) is 9.90 Å². The van der Waals surface area contributed by atoms with Gasteiger partial charge in [-0.15, -0.1) is 0 Å². The Balaban J connectivity index is 2.05. The van der Waals surface area contributed by atoms with Crippen LogP contribution >= 0.6 is 0 Å². The molecule has 1 aliphatic carbocycles. The van der Waals surface area contributed by atoms with E-state index in [0.29, 0.717) is 11.6 Å². The van der Waals surface area contributed by atoms with E-state index in [4.69, 9.17) is 0 Å². The summed E-state index contributed by atoms with van der Waals surface area (Å²) < 4.78 is 1.98. The Morgan fingerprint density at radius 1 is 1.39 bits per heavy atom. The highest BCUT2D eigenvalue weighted by molar-refractivity contribution is 5.92. The number of carbonyl (C=O) groups is 1. The van der Waals surface area contributed by atoms with E-state index < -0.39 is 6.10 Å². The Morgan fingerprint density at radius 3 is 2.48 bits per heavy atom. The highest BCUT2D eigenvalue weighted by atomic mass is 16.3. The number of rotatable bonds is 7. The first-order chi connectivity index (χ1) is 10.8. The van der Waals surface area contributed by atoms with Gasteiger partial charge < -0.3 is 10.4 Å². The van der Waals surface area contributed by atoms with Crippen LogP contribution in [-0.4, -0.2) is 33.4 Å². The predicted molar refractivity (Wildman–Crippen MR) is 91.6 cm³/mol. The van der Waals surface area contributed by atoms with Gasteiger partial charge in [-0.3, -0.25) is 9.48 Å². The van der Waals surface area contributed by atoms with Crippen molar-refractivity contribution >= 4 is 5.91 Å². The summed E-state index contributed by atoms with van der Waals surface area (Å²) in [7, 11) is 0. The summed E-state index contributed by atoms with van der Waals surface area (Å²) in [6.45, 7) is 10.7. The van der Waals surface area contributed by atoms with Crippen molar-refractivity contribution in [2.45, 2.75) is 77.9 Å². The molecule has 1 atom stereocenters. The van der Waals surface area contributed by atoms with Gasteiger partial charge in [0.1, 0.15) is 5.69 Å². The van der Waals surface area contributed by atoms with Crippen LogP contribution in [0.15, 0.2) is 6.07 Å². The fourth-order valence-corrected chi connectivity index (χ4v) is 3.00. The van der Waals surface area contributed by atoms with E-state index in [0.717, 1.165) is 18.5 Å². The summed E-state index contributed by atoms with van der Waals surface area (Å²) in [6, 6.07) is 1.92. The molecule has 130 valence electrons. The summed E-state index contributed by atoms with van der Waals surface area (Å²) >= 11 is 0. The lowest BCUT2D eigenvalue weighted by Crippen LogP contribution is -2.36. The summed E-state index contributed by atoms with van der Waals surface area (Å²) in [5.74, 6) is 0.572. The highest BCUT2D eigenvalue weighted by Gasteiger charge is 2.32. The lowest BCUT2D eigenvalue weighted by molar-refractivity contribution is 0.0812. The van der Waals surface area contributed by atoms with Crippen LogP contribution < -0.4 is 5.32 Å². The molecule has 0 spiro atoms. The van der Waals surface area contributed by atoms with E-state index in [1.54, 1.807) is 0 Å². The quantitative estimate of drug-likeness (QED) is 0.811.